The van der Waals surface area contributed by atoms with Gasteiger partial charge in [-0.05, 0) is 14.1 Å². The molecule has 0 aliphatic carbocycles. The highest BCUT2D eigenvalue weighted by atomic mass is 16.6. The summed E-state index contributed by atoms with van der Waals surface area (Å²) in [7, 11) is 4.05. The molecule has 0 aromatic rings. The van der Waals surface area contributed by atoms with E-state index in [2.05, 4.69) is 16.7 Å². The molecule has 0 N–H and O–H groups in total. The summed E-state index contributed by atoms with van der Waals surface area (Å²) in [5.74, 6) is 5.85. The van der Waals surface area contributed by atoms with Crippen molar-refractivity contribution in [1.82, 2.24) is 4.90 Å². The van der Waals surface area contributed by atoms with Crippen molar-refractivity contribution in [2.24, 2.45) is 0 Å². The number of hydrogen-bond donors (Lipinski definition) is 0. The van der Waals surface area contributed by atoms with E-state index in [1.807, 2.05) is 21.0 Å². The van der Waals surface area contributed by atoms with Crippen LogP contribution in [0.4, 0.5) is 0 Å². The summed E-state index contributed by atoms with van der Waals surface area (Å²) in [6.07, 6.45) is 0.871. The van der Waals surface area contributed by atoms with E-state index >= 15 is 0 Å². The Balaban J connectivity index is 2.99. The fraction of sp³-hybridized carbons (Fsp3) is 0.867. The summed E-state index contributed by atoms with van der Waals surface area (Å²) < 4.78 is 21.4. The summed E-state index contributed by atoms with van der Waals surface area (Å²) >= 11 is 0. The van der Waals surface area contributed by atoms with Crippen molar-refractivity contribution in [2.45, 2.75) is 13.3 Å². The number of nitrogens with zero attached hydrogens (tertiary/aromatic N) is 1. The van der Waals surface area contributed by atoms with Gasteiger partial charge < -0.3 is 23.8 Å². The topological polar surface area (TPSA) is 40.2 Å². The molecule has 20 heavy (non-hydrogen) atoms. The van der Waals surface area contributed by atoms with Gasteiger partial charge in [-0.3, -0.25) is 0 Å². The largest absolute Gasteiger partial charge is 0.378 e. The highest BCUT2D eigenvalue weighted by molar-refractivity contribution is 4.97. The van der Waals surface area contributed by atoms with Crippen LogP contribution >= 0.6 is 0 Å². The molecule has 118 valence electrons. The highest BCUT2D eigenvalue weighted by Crippen LogP contribution is 1.83. The van der Waals surface area contributed by atoms with E-state index in [1.54, 1.807) is 0 Å². The zero-order valence-corrected chi connectivity index (χ0v) is 13.2. The second-order valence-electron chi connectivity index (χ2n) is 4.40. The third-order valence-corrected chi connectivity index (χ3v) is 2.27. The molecule has 0 atom stereocenters. The average Bonchev–Trinajstić information content (AvgIpc) is 2.43. The maximum absolute atomic E-state index is 5.40. The van der Waals surface area contributed by atoms with Gasteiger partial charge in [0.2, 0.25) is 0 Å². The van der Waals surface area contributed by atoms with Crippen molar-refractivity contribution in [3.63, 3.8) is 0 Å². The third kappa shape index (κ3) is 17.4. The molecule has 0 aliphatic heterocycles. The van der Waals surface area contributed by atoms with Crippen molar-refractivity contribution < 1.29 is 18.9 Å². The van der Waals surface area contributed by atoms with Crippen molar-refractivity contribution in [3.05, 3.63) is 0 Å². The SMILES string of the molecule is CCC#CCOCCOCCOCCOCCN(C)C. The van der Waals surface area contributed by atoms with Gasteiger partial charge in [-0.2, -0.15) is 0 Å². The summed E-state index contributed by atoms with van der Waals surface area (Å²) in [5, 5.41) is 0. The number of rotatable bonds is 13. The molecule has 0 aliphatic rings. The zero-order valence-electron chi connectivity index (χ0n) is 13.2. The molecule has 5 heteroatoms. The predicted octanol–water partition coefficient (Wildman–Crippen LogP) is 1.03. The molecular formula is C15H29NO4. The second-order valence-corrected chi connectivity index (χ2v) is 4.40. The summed E-state index contributed by atoms with van der Waals surface area (Å²) in [6, 6.07) is 0. The fourth-order valence-corrected chi connectivity index (χ4v) is 1.21. The van der Waals surface area contributed by atoms with Crippen LogP contribution in [0.15, 0.2) is 0 Å². The lowest BCUT2D eigenvalue weighted by Crippen LogP contribution is -2.19. The van der Waals surface area contributed by atoms with Crippen LogP contribution in [0.5, 0.6) is 0 Å². The minimum atomic E-state index is 0.484. The fourth-order valence-electron chi connectivity index (χ4n) is 1.21. The van der Waals surface area contributed by atoms with Gasteiger partial charge in [-0.1, -0.05) is 12.8 Å². The van der Waals surface area contributed by atoms with E-state index in [4.69, 9.17) is 18.9 Å². The number of hydrogen-bond acceptors (Lipinski definition) is 5. The van der Waals surface area contributed by atoms with Crippen LogP contribution in [0.25, 0.3) is 0 Å². The molecular weight excluding hydrogens is 258 g/mol. The van der Waals surface area contributed by atoms with Crippen molar-refractivity contribution >= 4 is 0 Å². The van der Waals surface area contributed by atoms with E-state index in [1.165, 1.54) is 0 Å². The predicted molar refractivity (Wildman–Crippen MR) is 79.9 cm³/mol. The maximum Gasteiger partial charge on any atom is 0.107 e. The summed E-state index contributed by atoms with van der Waals surface area (Å²) in [4.78, 5) is 2.09. The highest BCUT2D eigenvalue weighted by Gasteiger charge is 1.93. The Kier molecular flexibility index (Phi) is 15.9. The molecule has 0 radical (unpaired) electrons. The van der Waals surface area contributed by atoms with E-state index in [-0.39, 0.29) is 0 Å². The molecule has 0 bridgehead atoms. The van der Waals surface area contributed by atoms with Crippen molar-refractivity contribution in [3.8, 4) is 11.8 Å². The van der Waals surface area contributed by atoms with Gasteiger partial charge in [-0.15, -0.1) is 5.92 Å². The van der Waals surface area contributed by atoms with Gasteiger partial charge in [0.1, 0.15) is 6.61 Å². The second kappa shape index (κ2) is 16.4. The lowest BCUT2D eigenvalue weighted by atomic mass is 10.5. The van der Waals surface area contributed by atoms with Crippen LogP contribution in [0.1, 0.15) is 13.3 Å². The molecule has 0 rings (SSSR count). The number of ether oxygens (including phenoxy) is 4. The van der Waals surface area contributed by atoms with Gasteiger partial charge in [-0.25, -0.2) is 0 Å². The molecule has 0 heterocycles. The average molecular weight is 287 g/mol. The Morgan fingerprint density at radius 1 is 0.700 bits per heavy atom. The van der Waals surface area contributed by atoms with E-state index in [0.717, 1.165) is 19.6 Å². The zero-order chi connectivity index (χ0) is 14.9. The first kappa shape index (κ1) is 19.4. The first-order valence-electron chi connectivity index (χ1n) is 7.18. The molecule has 0 aromatic heterocycles. The molecule has 0 amide bonds. The Morgan fingerprint density at radius 3 is 1.70 bits per heavy atom. The van der Waals surface area contributed by atoms with Crippen LogP contribution in [0, 0.1) is 11.8 Å². The summed E-state index contributed by atoms with van der Waals surface area (Å²) in [5.41, 5.74) is 0. The lowest BCUT2D eigenvalue weighted by Gasteiger charge is -2.10. The first-order chi connectivity index (χ1) is 9.77. The van der Waals surface area contributed by atoms with Gasteiger partial charge in [0, 0.05) is 13.0 Å². The monoisotopic (exact) mass is 287 g/mol. The standard InChI is InChI=1S/C15H29NO4/c1-4-5-6-8-17-10-12-19-14-15-20-13-11-18-9-7-16(2)3/h4,7-15H2,1-3H3. The van der Waals surface area contributed by atoms with Crippen molar-refractivity contribution in [1.29, 1.82) is 0 Å². The molecule has 0 fully saturated rings. The Labute approximate surface area is 123 Å². The minimum Gasteiger partial charge on any atom is -0.378 e. The smallest absolute Gasteiger partial charge is 0.107 e. The molecule has 0 unspecified atom stereocenters. The Morgan fingerprint density at radius 2 is 1.20 bits per heavy atom. The van der Waals surface area contributed by atoms with Gasteiger partial charge in [0.05, 0.1) is 46.2 Å². The molecule has 0 aromatic carbocycles. The Bertz CT molecular complexity index is 248. The molecule has 0 saturated heterocycles. The first-order valence-corrected chi connectivity index (χ1v) is 7.18. The van der Waals surface area contributed by atoms with E-state index < -0.39 is 0 Å². The van der Waals surface area contributed by atoms with Gasteiger partial charge in [0.15, 0.2) is 0 Å². The van der Waals surface area contributed by atoms with E-state index in [9.17, 15) is 0 Å². The number of likely N-dealkylation sites (N-methyl/N-ethyl adjacent to an activating group) is 1. The van der Waals surface area contributed by atoms with E-state index in [0.29, 0.717) is 46.2 Å². The third-order valence-electron chi connectivity index (χ3n) is 2.27. The van der Waals surface area contributed by atoms with Crippen LogP contribution in [-0.2, 0) is 18.9 Å². The van der Waals surface area contributed by atoms with Crippen LogP contribution in [0.2, 0.25) is 0 Å². The molecule has 0 saturated carbocycles. The maximum atomic E-state index is 5.40. The quantitative estimate of drug-likeness (QED) is 0.374. The van der Waals surface area contributed by atoms with Crippen LogP contribution in [-0.4, -0.2) is 78.4 Å². The van der Waals surface area contributed by atoms with Crippen molar-refractivity contribution in [2.75, 3.05) is 73.5 Å². The Hall–Kier alpha value is -0.640. The summed E-state index contributed by atoms with van der Waals surface area (Å²) in [6.45, 7) is 7.75. The molecule has 0 spiro atoms. The van der Waals surface area contributed by atoms with Gasteiger partial charge in [0.25, 0.3) is 0 Å². The lowest BCUT2D eigenvalue weighted by molar-refractivity contribution is 0.00000826. The normalized spacial score (nSPS) is 10.6. The minimum absolute atomic E-state index is 0.484. The molecule has 5 nitrogen and oxygen atoms in total. The van der Waals surface area contributed by atoms with Gasteiger partial charge >= 0.3 is 0 Å². The van der Waals surface area contributed by atoms with Crippen LogP contribution in [0.3, 0.4) is 0 Å². The van der Waals surface area contributed by atoms with Crippen LogP contribution < -0.4 is 0 Å².